The minimum Gasteiger partial charge on any atom is -0.333 e. The molecule has 0 atom stereocenters. The topological polar surface area (TPSA) is 33.2 Å². The highest BCUT2D eigenvalue weighted by atomic mass is 35.5. The van der Waals surface area contributed by atoms with Crippen LogP contribution in [0.5, 0.6) is 0 Å². The van der Waals surface area contributed by atoms with Gasteiger partial charge in [0.2, 0.25) is 5.91 Å². The summed E-state index contributed by atoms with van der Waals surface area (Å²) in [6, 6.07) is 0.420. The molecule has 0 radical (unpaired) electrons. The van der Waals surface area contributed by atoms with Gasteiger partial charge >= 0.3 is 0 Å². The van der Waals surface area contributed by atoms with Crippen LogP contribution in [0.2, 0.25) is 0 Å². The SMILES string of the molecule is O=C(CCl)N(Cc1cncs1)C1CC1. The Balaban J connectivity index is 2.00. The summed E-state index contributed by atoms with van der Waals surface area (Å²) in [7, 11) is 0. The van der Waals surface area contributed by atoms with E-state index < -0.39 is 0 Å². The van der Waals surface area contributed by atoms with E-state index in [1.807, 2.05) is 11.1 Å². The Morgan fingerprint density at radius 3 is 3.00 bits per heavy atom. The van der Waals surface area contributed by atoms with Crippen molar-refractivity contribution in [1.82, 2.24) is 9.88 Å². The molecule has 0 unspecified atom stereocenters. The Bertz CT molecular complexity index is 311. The monoisotopic (exact) mass is 230 g/mol. The summed E-state index contributed by atoms with van der Waals surface area (Å²) in [5, 5.41) is 0. The highest BCUT2D eigenvalue weighted by Gasteiger charge is 2.32. The van der Waals surface area contributed by atoms with Crippen molar-refractivity contribution in [3.05, 3.63) is 16.6 Å². The van der Waals surface area contributed by atoms with E-state index in [9.17, 15) is 4.79 Å². The van der Waals surface area contributed by atoms with E-state index in [4.69, 9.17) is 11.6 Å². The van der Waals surface area contributed by atoms with Crippen LogP contribution >= 0.6 is 22.9 Å². The van der Waals surface area contributed by atoms with E-state index in [1.54, 1.807) is 16.8 Å². The fraction of sp³-hybridized carbons (Fsp3) is 0.556. The van der Waals surface area contributed by atoms with E-state index in [0.29, 0.717) is 12.6 Å². The third-order valence-electron chi connectivity index (χ3n) is 2.23. The second-order valence-corrected chi connectivity index (χ2v) is 4.59. The van der Waals surface area contributed by atoms with Gasteiger partial charge in [0.05, 0.1) is 12.1 Å². The molecular weight excluding hydrogens is 220 g/mol. The number of amides is 1. The van der Waals surface area contributed by atoms with Gasteiger partial charge in [-0.05, 0) is 12.8 Å². The van der Waals surface area contributed by atoms with Crippen molar-refractivity contribution in [1.29, 1.82) is 0 Å². The van der Waals surface area contributed by atoms with Crippen LogP contribution in [0.3, 0.4) is 0 Å². The first-order valence-corrected chi connectivity index (χ1v) is 5.95. The number of halogens is 1. The molecule has 0 bridgehead atoms. The Hall–Kier alpha value is -0.610. The van der Waals surface area contributed by atoms with Crippen LogP contribution in [0.1, 0.15) is 17.7 Å². The molecule has 1 heterocycles. The molecule has 1 aliphatic carbocycles. The van der Waals surface area contributed by atoms with Gasteiger partial charge in [-0.3, -0.25) is 9.78 Å². The number of rotatable bonds is 4. The lowest BCUT2D eigenvalue weighted by Crippen LogP contribution is -2.33. The number of hydrogen-bond acceptors (Lipinski definition) is 3. The first-order chi connectivity index (χ1) is 6.81. The Morgan fingerprint density at radius 2 is 2.50 bits per heavy atom. The van der Waals surface area contributed by atoms with Gasteiger partial charge in [0, 0.05) is 17.1 Å². The van der Waals surface area contributed by atoms with Crippen LogP contribution in [-0.2, 0) is 11.3 Å². The Kier molecular flexibility index (Phi) is 3.03. The molecule has 0 saturated heterocycles. The molecule has 1 amide bonds. The average Bonchev–Trinajstić information content (AvgIpc) is 2.92. The predicted octanol–water partition coefficient (Wildman–Crippen LogP) is 1.87. The number of nitrogens with zero attached hydrogens (tertiary/aromatic N) is 2. The molecule has 3 nitrogen and oxygen atoms in total. The zero-order valence-corrected chi connectivity index (χ0v) is 9.22. The molecule has 14 heavy (non-hydrogen) atoms. The minimum absolute atomic E-state index is 0.0302. The number of hydrogen-bond donors (Lipinski definition) is 0. The van der Waals surface area contributed by atoms with E-state index in [2.05, 4.69) is 4.98 Å². The molecule has 1 saturated carbocycles. The van der Waals surface area contributed by atoms with Gasteiger partial charge in [0.1, 0.15) is 5.88 Å². The summed E-state index contributed by atoms with van der Waals surface area (Å²) >= 11 is 7.13. The third kappa shape index (κ3) is 2.25. The number of aromatic nitrogens is 1. The lowest BCUT2D eigenvalue weighted by atomic mass is 10.4. The van der Waals surface area contributed by atoms with Crippen LogP contribution in [-0.4, -0.2) is 27.7 Å². The molecule has 0 aromatic carbocycles. The van der Waals surface area contributed by atoms with E-state index in [1.165, 1.54) is 0 Å². The maximum atomic E-state index is 11.5. The molecule has 0 spiro atoms. The molecule has 76 valence electrons. The molecule has 5 heteroatoms. The Labute approximate surface area is 91.7 Å². The Morgan fingerprint density at radius 1 is 1.71 bits per heavy atom. The van der Waals surface area contributed by atoms with Crippen molar-refractivity contribution < 1.29 is 4.79 Å². The van der Waals surface area contributed by atoms with Crippen molar-refractivity contribution in [2.24, 2.45) is 0 Å². The zero-order valence-electron chi connectivity index (χ0n) is 7.65. The first-order valence-electron chi connectivity index (χ1n) is 4.54. The van der Waals surface area contributed by atoms with Gasteiger partial charge < -0.3 is 4.90 Å². The van der Waals surface area contributed by atoms with Gasteiger partial charge in [-0.15, -0.1) is 22.9 Å². The van der Waals surface area contributed by atoms with Gasteiger partial charge in [-0.2, -0.15) is 0 Å². The number of carbonyl (C=O) groups is 1. The van der Waals surface area contributed by atoms with Crippen LogP contribution in [0.25, 0.3) is 0 Å². The lowest BCUT2D eigenvalue weighted by molar-refractivity contribution is -0.129. The van der Waals surface area contributed by atoms with Gasteiger partial charge in [0.15, 0.2) is 0 Å². The average molecular weight is 231 g/mol. The lowest BCUT2D eigenvalue weighted by Gasteiger charge is -2.20. The summed E-state index contributed by atoms with van der Waals surface area (Å²) < 4.78 is 0. The molecule has 1 fully saturated rings. The largest absolute Gasteiger partial charge is 0.333 e. The first kappa shape index (κ1) is 9.93. The standard InChI is InChI=1S/C9H11ClN2OS/c10-3-9(13)12(7-1-2-7)5-8-4-11-6-14-8/h4,6-7H,1-3,5H2. The van der Waals surface area contributed by atoms with E-state index in [0.717, 1.165) is 17.7 Å². The number of thiazole rings is 1. The smallest absolute Gasteiger partial charge is 0.238 e. The third-order valence-corrected chi connectivity index (χ3v) is 3.22. The summed E-state index contributed by atoms with van der Waals surface area (Å²) in [6.07, 6.45) is 4.03. The molecule has 1 aromatic rings. The maximum absolute atomic E-state index is 11.5. The quantitative estimate of drug-likeness (QED) is 0.740. The minimum atomic E-state index is 0.0302. The predicted molar refractivity (Wildman–Crippen MR) is 56.4 cm³/mol. The summed E-state index contributed by atoms with van der Waals surface area (Å²) in [5.41, 5.74) is 1.78. The second kappa shape index (κ2) is 4.28. The maximum Gasteiger partial charge on any atom is 0.238 e. The highest BCUT2D eigenvalue weighted by Crippen LogP contribution is 2.29. The van der Waals surface area contributed by atoms with Gasteiger partial charge in [-0.1, -0.05) is 0 Å². The van der Waals surface area contributed by atoms with Crippen LogP contribution in [0, 0.1) is 0 Å². The molecule has 2 rings (SSSR count). The number of alkyl halides is 1. The fourth-order valence-corrected chi connectivity index (χ4v) is 2.12. The van der Waals surface area contributed by atoms with Gasteiger partial charge in [0.25, 0.3) is 0 Å². The highest BCUT2D eigenvalue weighted by molar-refractivity contribution is 7.09. The fourth-order valence-electron chi connectivity index (χ4n) is 1.37. The van der Waals surface area contributed by atoms with Gasteiger partial charge in [-0.25, -0.2) is 0 Å². The van der Waals surface area contributed by atoms with Crippen molar-refractivity contribution in [2.45, 2.75) is 25.4 Å². The molecule has 1 aromatic heterocycles. The van der Waals surface area contributed by atoms with Crippen molar-refractivity contribution >= 4 is 28.8 Å². The summed E-state index contributed by atoms with van der Waals surface area (Å²) in [4.78, 5) is 18.5. The second-order valence-electron chi connectivity index (χ2n) is 3.35. The van der Waals surface area contributed by atoms with Crippen LogP contribution in [0.4, 0.5) is 0 Å². The summed E-state index contributed by atoms with van der Waals surface area (Å²) in [5.74, 6) is 0.109. The summed E-state index contributed by atoms with van der Waals surface area (Å²) in [6.45, 7) is 0.668. The zero-order chi connectivity index (χ0) is 9.97. The normalized spacial score (nSPS) is 15.5. The van der Waals surface area contributed by atoms with Crippen molar-refractivity contribution in [3.63, 3.8) is 0 Å². The molecule has 0 N–H and O–H groups in total. The molecular formula is C9H11ClN2OS. The number of carbonyl (C=O) groups excluding carboxylic acids is 1. The van der Waals surface area contributed by atoms with E-state index >= 15 is 0 Å². The van der Waals surface area contributed by atoms with Crippen molar-refractivity contribution in [2.75, 3.05) is 5.88 Å². The molecule has 1 aliphatic rings. The molecule has 0 aliphatic heterocycles. The van der Waals surface area contributed by atoms with E-state index in [-0.39, 0.29) is 11.8 Å². The van der Waals surface area contributed by atoms with Crippen LogP contribution in [0.15, 0.2) is 11.7 Å². The van der Waals surface area contributed by atoms with Crippen molar-refractivity contribution in [3.8, 4) is 0 Å². The van der Waals surface area contributed by atoms with Crippen LogP contribution < -0.4 is 0 Å².